The van der Waals surface area contributed by atoms with Gasteiger partial charge in [0.2, 0.25) is 11.8 Å². The summed E-state index contributed by atoms with van der Waals surface area (Å²) in [4.78, 5) is 25.1. The van der Waals surface area contributed by atoms with Crippen LogP contribution in [-0.2, 0) is 9.59 Å². The molecule has 2 aromatic rings. The lowest BCUT2D eigenvalue weighted by Crippen LogP contribution is -2.32. The predicted octanol–water partition coefficient (Wildman–Crippen LogP) is 3.67. The van der Waals surface area contributed by atoms with E-state index in [1.54, 1.807) is 31.2 Å². The number of anilines is 2. The Morgan fingerprint density at radius 2 is 2.04 bits per heavy atom. The van der Waals surface area contributed by atoms with Gasteiger partial charge in [-0.15, -0.1) is 0 Å². The van der Waals surface area contributed by atoms with E-state index in [-0.39, 0.29) is 24.8 Å². The maximum absolute atomic E-state index is 12.0. The summed E-state index contributed by atoms with van der Waals surface area (Å²) in [6.07, 6.45) is 0.0877. The molecule has 0 atom stereocenters. The third kappa shape index (κ3) is 4.71. The molecule has 0 saturated carbocycles. The van der Waals surface area contributed by atoms with Crippen LogP contribution in [0.1, 0.15) is 19.1 Å². The third-order valence-electron chi connectivity index (χ3n) is 3.04. The van der Waals surface area contributed by atoms with Crippen molar-refractivity contribution in [2.45, 2.75) is 20.3 Å². The number of aryl methyl sites for hydroxylation is 1. The Labute approximate surface area is 143 Å². The van der Waals surface area contributed by atoms with E-state index in [0.717, 1.165) is 0 Å². The summed E-state index contributed by atoms with van der Waals surface area (Å²) >= 11 is 11.8. The summed E-state index contributed by atoms with van der Waals surface area (Å²) in [5.41, 5.74) is 0.465. The molecule has 1 N–H and O–H groups in total. The van der Waals surface area contributed by atoms with Crippen LogP contribution in [0, 0.1) is 6.92 Å². The maximum Gasteiger partial charge on any atom is 0.226 e. The number of aromatic nitrogens is 1. The summed E-state index contributed by atoms with van der Waals surface area (Å²) in [5, 5.41) is 7.29. The molecular formula is C15H15Cl2N3O3. The maximum atomic E-state index is 12.0. The summed E-state index contributed by atoms with van der Waals surface area (Å²) in [6, 6.07) is 6.42. The van der Waals surface area contributed by atoms with Crippen molar-refractivity contribution >= 4 is 46.5 Å². The van der Waals surface area contributed by atoms with Crippen molar-refractivity contribution in [3.05, 3.63) is 40.1 Å². The number of nitrogens with zero attached hydrogens (tertiary/aromatic N) is 2. The molecule has 0 fully saturated rings. The van der Waals surface area contributed by atoms with Gasteiger partial charge in [-0.1, -0.05) is 28.4 Å². The Hall–Kier alpha value is -2.05. The van der Waals surface area contributed by atoms with Crippen LogP contribution in [0.15, 0.2) is 28.8 Å². The van der Waals surface area contributed by atoms with Gasteiger partial charge in [-0.2, -0.15) is 0 Å². The number of rotatable bonds is 5. The van der Waals surface area contributed by atoms with Crippen molar-refractivity contribution in [3.8, 4) is 0 Å². The Kier molecular flexibility index (Phi) is 5.63. The summed E-state index contributed by atoms with van der Waals surface area (Å²) in [6.45, 7) is 3.31. The Morgan fingerprint density at radius 1 is 1.30 bits per heavy atom. The standard InChI is InChI=1S/C15H15Cl2N3O3/c1-9-7-14(19-23-9)20(10(2)21)6-5-15(22)18-13-4-3-11(16)8-12(13)17/h3-4,7-8H,5-6H2,1-2H3,(H,18,22). The second kappa shape index (κ2) is 7.48. The summed E-state index contributed by atoms with van der Waals surface area (Å²) in [5.74, 6) is 0.465. The van der Waals surface area contributed by atoms with Crippen molar-refractivity contribution in [2.75, 3.05) is 16.8 Å². The highest BCUT2D eigenvalue weighted by atomic mass is 35.5. The second-order valence-electron chi connectivity index (χ2n) is 4.89. The molecule has 122 valence electrons. The highest BCUT2D eigenvalue weighted by Crippen LogP contribution is 2.25. The lowest BCUT2D eigenvalue weighted by molar-refractivity contribution is -0.117. The lowest BCUT2D eigenvalue weighted by Gasteiger charge is -2.17. The number of halogens is 2. The minimum Gasteiger partial charge on any atom is -0.360 e. The molecule has 1 heterocycles. The molecule has 1 aromatic heterocycles. The first-order chi connectivity index (χ1) is 10.9. The topological polar surface area (TPSA) is 75.4 Å². The first-order valence-corrected chi connectivity index (χ1v) is 7.58. The quantitative estimate of drug-likeness (QED) is 0.887. The monoisotopic (exact) mass is 355 g/mol. The zero-order valence-corrected chi connectivity index (χ0v) is 14.1. The smallest absolute Gasteiger partial charge is 0.226 e. The molecule has 0 aliphatic rings. The van der Waals surface area contributed by atoms with Crippen LogP contribution in [0.5, 0.6) is 0 Å². The fourth-order valence-electron chi connectivity index (χ4n) is 1.93. The van der Waals surface area contributed by atoms with Crippen LogP contribution in [0.2, 0.25) is 10.0 Å². The molecule has 0 unspecified atom stereocenters. The molecule has 2 rings (SSSR count). The van der Waals surface area contributed by atoms with E-state index < -0.39 is 0 Å². The Bertz CT molecular complexity index is 731. The van der Waals surface area contributed by atoms with E-state index in [1.807, 2.05) is 0 Å². The Balaban J connectivity index is 1.98. The van der Waals surface area contributed by atoms with Gasteiger partial charge < -0.3 is 9.84 Å². The van der Waals surface area contributed by atoms with Crippen molar-refractivity contribution in [1.82, 2.24) is 5.16 Å². The molecule has 0 aliphatic heterocycles. The summed E-state index contributed by atoms with van der Waals surface area (Å²) < 4.78 is 4.95. The molecule has 0 saturated heterocycles. The van der Waals surface area contributed by atoms with Gasteiger partial charge in [0.1, 0.15) is 5.76 Å². The number of benzene rings is 1. The van der Waals surface area contributed by atoms with Crippen molar-refractivity contribution < 1.29 is 14.1 Å². The van der Waals surface area contributed by atoms with Gasteiger partial charge in [-0.05, 0) is 25.1 Å². The highest BCUT2D eigenvalue weighted by molar-refractivity contribution is 6.36. The van der Waals surface area contributed by atoms with E-state index in [1.165, 1.54) is 11.8 Å². The van der Waals surface area contributed by atoms with E-state index in [2.05, 4.69) is 10.5 Å². The predicted molar refractivity (Wildman–Crippen MR) is 89.0 cm³/mol. The van der Waals surface area contributed by atoms with Gasteiger partial charge >= 0.3 is 0 Å². The molecule has 2 amide bonds. The zero-order chi connectivity index (χ0) is 17.0. The molecule has 0 aliphatic carbocycles. The average molecular weight is 356 g/mol. The third-order valence-corrected chi connectivity index (χ3v) is 3.59. The lowest BCUT2D eigenvalue weighted by atomic mass is 10.3. The largest absolute Gasteiger partial charge is 0.360 e. The molecule has 0 spiro atoms. The first kappa shape index (κ1) is 17.3. The number of carbonyl (C=O) groups is 2. The van der Waals surface area contributed by atoms with Crippen molar-refractivity contribution in [2.24, 2.45) is 0 Å². The molecule has 0 bridgehead atoms. The summed E-state index contributed by atoms with van der Waals surface area (Å²) in [7, 11) is 0. The van der Waals surface area contributed by atoms with Crippen LogP contribution in [-0.4, -0.2) is 23.5 Å². The van der Waals surface area contributed by atoms with Gasteiger partial charge in [0.15, 0.2) is 5.82 Å². The number of nitrogens with one attached hydrogen (secondary N) is 1. The van der Waals surface area contributed by atoms with E-state index in [0.29, 0.717) is 27.3 Å². The van der Waals surface area contributed by atoms with Crippen LogP contribution in [0.3, 0.4) is 0 Å². The van der Waals surface area contributed by atoms with Crippen LogP contribution in [0.25, 0.3) is 0 Å². The first-order valence-electron chi connectivity index (χ1n) is 6.83. The fraction of sp³-hybridized carbons (Fsp3) is 0.267. The van der Waals surface area contributed by atoms with Crippen LogP contribution < -0.4 is 10.2 Å². The van der Waals surface area contributed by atoms with Gasteiger partial charge in [-0.3, -0.25) is 14.5 Å². The molecule has 23 heavy (non-hydrogen) atoms. The minimum absolute atomic E-state index is 0.0877. The van der Waals surface area contributed by atoms with E-state index in [4.69, 9.17) is 27.7 Å². The average Bonchev–Trinajstić information content (AvgIpc) is 2.88. The normalized spacial score (nSPS) is 10.4. The van der Waals surface area contributed by atoms with Crippen molar-refractivity contribution in [1.29, 1.82) is 0 Å². The second-order valence-corrected chi connectivity index (χ2v) is 5.73. The molecular weight excluding hydrogens is 341 g/mol. The number of amides is 2. The number of hydrogen-bond acceptors (Lipinski definition) is 4. The van der Waals surface area contributed by atoms with Gasteiger partial charge in [0.05, 0.1) is 10.7 Å². The number of hydrogen-bond donors (Lipinski definition) is 1. The fourth-order valence-corrected chi connectivity index (χ4v) is 2.39. The van der Waals surface area contributed by atoms with Gasteiger partial charge in [-0.25, -0.2) is 0 Å². The van der Waals surface area contributed by atoms with Gasteiger partial charge in [0, 0.05) is 31.0 Å². The SMILES string of the molecule is CC(=O)N(CCC(=O)Nc1ccc(Cl)cc1Cl)c1cc(C)on1. The van der Waals surface area contributed by atoms with Gasteiger partial charge in [0.25, 0.3) is 0 Å². The Morgan fingerprint density at radius 3 is 2.61 bits per heavy atom. The molecule has 6 nitrogen and oxygen atoms in total. The van der Waals surface area contributed by atoms with E-state index in [9.17, 15) is 9.59 Å². The highest BCUT2D eigenvalue weighted by Gasteiger charge is 2.17. The minimum atomic E-state index is -0.277. The van der Waals surface area contributed by atoms with Crippen LogP contribution in [0.4, 0.5) is 11.5 Å². The molecule has 8 heteroatoms. The molecule has 0 radical (unpaired) electrons. The molecule has 1 aromatic carbocycles. The van der Waals surface area contributed by atoms with E-state index >= 15 is 0 Å². The van der Waals surface area contributed by atoms with Crippen LogP contribution >= 0.6 is 23.2 Å². The zero-order valence-electron chi connectivity index (χ0n) is 12.6. The number of carbonyl (C=O) groups excluding carboxylic acids is 2. The van der Waals surface area contributed by atoms with Crippen molar-refractivity contribution in [3.63, 3.8) is 0 Å².